The van der Waals surface area contributed by atoms with E-state index in [0.29, 0.717) is 35.0 Å². The number of methoxy groups -OCH3 is 1. The molecule has 7 nitrogen and oxygen atoms in total. The molecule has 0 radical (unpaired) electrons. The highest BCUT2D eigenvalue weighted by Gasteiger charge is 2.16. The largest absolute Gasteiger partial charge is 0.497 e. The summed E-state index contributed by atoms with van der Waals surface area (Å²) >= 11 is 0. The number of anilines is 1. The van der Waals surface area contributed by atoms with Crippen molar-refractivity contribution in [2.75, 3.05) is 19.2 Å². The van der Waals surface area contributed by atoms with Crippen molar-refractivity contribution in [2.45, 2.75) is 13.0 Å². The SMILES string of the molecule is COc1cccc(CC(=O)Nc2ccccc2C(=O)NCc2ccc3c(c2)OCO3)c1. The second kappa shape index (κ2) is 9.21. The quantitative estimate of drug-likeness (QED) is 0.613. The molecule has 3 aromatic carbocycles. The number of amides is 2. The van der Waals surface area contributed by atoms with Crippen LogP contribution in [0.25, 0.3) is 0 Å². The lowest BCUT2D eigenvalue weighted by Gasteiger charge is -2.12. The zero-order valence-electron chi connectivity index (χ0n) is 17.0. The number of hydrogen-bond acceptors (Lipinski definition) is 5. The van der Waals surface area contributed by atoms with Crippen LogP contribution in [0, 0.1) is 0 Å². The molecule has 0 saturated heterocycles. The molecule has 3 aromatic rings. The predicted octanol–water partition coefficient (Wildman–Crippen LogP) is 3.54. The summed E-state index contributed by atoms with van der Waals surface area (Å²) in [6.45, 7) is 0.523. The van der Waals surface area contributed by atoms with Crippen LogP contribution in [0.5, 0.6) is 17.2 Å². The Labute approximate surface area is 179 Å². The summed E-state index contributed by atoms with van der Waals surface area (Å²) in [6, 6.07) is 19.8. The van der Waals surface area contributed by atoms with Crippen molar-refractivity contribution in [3.63, 3.8) is 0 Å². The number of ether oxygens (including phenoxy) is 3. The number of benzene rings is 3. The van der Waals surface area contributed by atoms with E-state index < -0.39 is 0 Å². The third-order valence-corrected chi connectivity index (χ3v) is 4.83. The van der Waals surface area contributed by atoms with E-state index in [-0.39, 0.29) is 25.0 Å². The first-order valence-corrected chi connectivity index (χ1v) is 9.81. The summed E-state index contributed by atoms with van der Waals surface area (Å²) in [7, 11) is 1.58. The minimum Gasteiger partial charge on any atom is -0.497 e. The van der Waals surface area contributed by atoms with Gasteiger partial charge < -0.3 is 24.8 Å². The highest BCUT2D eigenvalue weighted by Crippen LogP contribution is 2.32. The Morgan fingerprint density at radius 1 is 0.935 bits per heavy atom. The number of rotatable bonds is 7. The van der Waals surface area contributed by atoms with Gasteiger partial charge in [-0.2, -0.15) is 0 Å². The number of carbonyl (C=O) groups is 2. The molecule has 1 aliphatic rings. The van der Waals surface area contributed by atoms with E-state index in [1.165, 1.54) is 0 Å². The molecule has 31 heavy (non-hydrogen) atoms. The van der Waals surface area contributed by atoms with E-state index in [1.54, 1.807) is 31.4 Å². The smallest absolute Gasteiger partial charge is 0.253 e. The molecule has 0 fully saturated rings. The number of hydrogen-bond donors (Lipinski definition) is 2. The average molecular weight is 418 g/mol. The minimum atomic E-state index is -0.282. The Morgan fingerprint density at radius 3 is 2.65 bits per heavy atom. The maximum atomic E-state index is 12.8. The highest BCUT2D eigenvalue weighted by molar-refractivity contribution is 6.04. The molecule has 0 atom stereocenters. The van der Waals surface area contributed by atoms with Gasteiger partial charge in [0.1, 0.15) is 5.75 Å². The van der Waals surface area contributed by atoms with E-state index in [9.17, 15) is 9.59 Å². The van der Waals surface area contributed by atoms with Crippen molar-refractivity contribution >= 4 is 17.5 Å². The zero-order valence-corrected chi connectivity index (χ0v) is 17.0. The van der Waals surface area contributed by atoms with Crippen LogP contribution >= 0.6 is 0 Å². The molecular weight excluding hydrogens is 396 g/mol. The number of para-hydroxylation sites is 1. The molecule has 0 bridgehead atoms. The van der Waals surface area contributed by atoms with Crippen LogP contribution in [-0.4, -0.2) is 25.7 Å². The van der Waals surface area contributed by atoms with Crippen molar-refractivity contribution in [1.29, 1.82) is 0 Å². The molecule has 0 saturated carbocycles. The molecule has 0 unspecified atom stereocenters. The topological polar surface area (TPSA) is 85.9 Å². The second-order valence-electron chi connectivity index (χ2n) is 6.99. The average Bonchev–Trinajstić information content (AvgIpc) is 3.26. The van der Waals surface area contributed by atoms with E-state index in [0.717, 1.165) is 11.1 Å². The van der Waals surface area contributed by atoms with Crippen LogP contribution in [0.15, 0.2) is 66.7 Å². The lowest BCUT2D eigenvalue weighted by atomic mass is 10.1. The van der Waals surface area contributed by atoms with Crippen molar-refractivity contribution in [3.8, 4) is 17.2 Å². The first-order valence-electron chi connectivity index (χ1n) is 9.81. The van der Waals surface area contributed by atoms with Crippen molar-refractivity contribution < 1.29 is 23.8 Å². The monoisotopic (exact) mass is 418 g/mol. The maximum Gasteiger partial charge on any atom is 0.253 e. The molecule has 0 spiro atoms. The summed E-state index contributed by atoms with van der Waals surface area (Å²) in [4.78, 5) is 25.3. The highest BCUT2D eigenvalue weighted by atomic mass is 16.7. The predicted molar refractivity (Wildman–Crippen MR) is 116 cm³/mol. The van der Waals surface area contributed by atoms with Crippen molar-refractivity contribution in [2.24, 2.45) is 0 Å². The third-order valence-electron chi connectivity index (χ3n) is 4.83. The summed E-state index contributed by atoms with van der Waals surface area (Å²) < 4.78 is 15.9. The van der Waals surface area contributed by atoms with E-state index in [2.05, 4.69) is 10.6 Å². The van der Waals surface area contributed by atoms with Crippen LogP contribution in [0.4, 0.5) is 5.69 Å². The lowest BCUT2D eigenvalue weighted by Crippen LogP contribution is -2.25. The van der Waals surface area contributed by atoms with Crippen LogP contribution in [0.1, 0.15) is 21.5 Å². The maximum absolute atomic E-state index is 12.8. The fourth-order valence-corrected chi connectivity index (χ4v) is 3.28. The van der Waals surface area contributed by atoms with Gasteiger partial charge in [-0.3, -0.25) is 9.59 Å². The standard InChI is InChI=1S/C24H22N2O5/c1-29-18-6-4-5-16(11-18)13-23(27)26-20-8-3-2-7-19(20)24(28)25-14-17-9-10-21-22(12-17)31-15-30-21/h2-12H,13-15H2,1H3,(H,25,28)(H,26,27). The van der Waals surface area contributed by atoms with E-state index in [4.69, 9.17) is 14.2 Å². The Kier molecular flexibility index (Phi) is 6.03. The van der Waals surface area contributed by atoms with Crippen LogP contribution in [-0.2, 0) is 17.8 Å². The number of nitrogens with one attached hydrogen (secondary N) is 2. The molecular formula is C24H22N2O5. The molecule has 0 aromatic heterocycles. The normalized spacial score (nSPS) is 11.6. The summed E-state index contributed by atoms with van der Waals surface area (Å²) in [5, 5.41) is 5.71. The first-order chi connectivity index (χ1) is 15.1. The molecule has 2 amide bonds. The van der Waals surface area contributed by atoms with Gasteiger partial charge in [0.05, 0.1) is 24.8 Å². The number of fused-ring (bicyclic) bond motifs is 1. The molecule has 1 heterocycles. The van der Waals surface area contributed by atoms with Crippen molar-refractivity contribution in [1.82, 2.24) is 5.32 Å². The Hall–Kier alpha value is -4.00. The van der Waals surface area contributed by atoms with Gasteiger partial charge >= 0.3 is 0 Å². The van der Waals surface area contributed by atoms with Gasteiger partial charge in [-0.15, -0.1) is 0 Å². The Morgan fingerprint density at radius 2 is 1.77 bits per heavy atom. The van der Waals surface area contributed by atoms with Crippen LogP contribution in [0.2, 0.25) is 0 Å². The van der Waals surface area contributed by atoms with Gasteiger partial charge in [0.25, 0.3) is 5.91 Å². The van der Waals surface area contributed by atoms with Crippen LogP contribution in [0.3, 0.4) is 0 Å². The fourth-order valence-electron chi connectivity index (χ4n) is 3.28. The molecule has 1 aliphatic heterocycles. The molecule has 158 valence electrons. The summed E-state index contributed by atoms with van der Waals surface area (Å²) in [6.07, 6.45) is 0.171. The lowest BCUT2D eigenvalue weighted by molar-refractivity contribution is -0.115. The van der Waals surface area contributed by atoms with Gasteiger partial charge in [-0.1, -0.05) is 30.3 Å². The van der Waals surface area contributed by atoms with Gasteiger partial charge in [0, 0.05) is 6.54 Å². The van der Waals surface area contributed by atoms with Gasteiger partial charge in [-0.25, -0.2) is 0 Å². The summed E-state index contributed by atoms with van der Waals surface area (Å²) in [5.41, 5.74) is 2.56. The molecule has 4 rings (SSSR count). The Bertz CT molecular complexity index is 1110. The van der Waals surface area contributed by atoms with Crippen LogP contribution < -0.4 is 24.8 Å². The summed E-state index contributed by atoms with van der Waals surface area (Å²) in [5.74, 6) is 1.55. The Balaban J connectivity index is 1.40. The zero-order chi connectivity index (χ0) is 21.6. The van der Waals surface area contributed by atoms with E-state index in [1.807, 2.05) is 42.5 Å². The number of carbonyl (C=O) groups excluding carboxylic acids is 2. The minimum absolute atomic E-state index is 0.171. The van der Waals surface area contributed by atoms with Gasteiger partial charge in [-0.05, 0) is 47.5 Å². The van der Waals surface area contributed by atoms with Crippen molar-refractivity contribution in [3.05, 3.63) is 83.4 Å². The van der Waals surface area contributed by atoms with Gasteiger partial charge in [0.15, 0.2) is 11.5 Å². The van der Waals surface area contributed by atoms with E-state index >= 15 is 0 Å². The first kappa shape index (κ1) is 20.3. The molecule has 7 heteroatoms. The molecule has 2 N–H and O–H groups in total. The fraction of sp³-hybridized carbons (Fsp3) is 0.167. The third kappa shape index (κ3) is 4.95. The van der Waals surface area contributed by atoms with Gasteiger partial charge in [0.2, 0.25) is 12.7 Å². The molecule has 0 aliphatic carbocycles. The second-order valence-corrected chi connectivity index (χ2v) is 6.99.